The molecule has 3 nitrogen and oxygen atoms in total. The van der Waals surface area contributed by atoms with Crippen LogP contribution in [0.3, 0.4) is 0 Å². The Bertz CT molecular complexity index is 286. The molecule has 1 heterocycles. The molecule has 1 aliphatic heterocycles. The van der Waals surface area contributed by atoms with Crippen molar-refractivity contribution < 1.29 is 0 Å². The number of nitrogens with zero attached hydrogens (tertiary/aromatic N) is 2. The number of hydrogen-bond acceptors (Lipinski definition) is 3. The van der Waals surface area contributed by atoms with Gasteiger partial charge in [-0.1, -0.05) is 26.7 Å². The van der Waals surface area contributed by atoms with Gasteiger partial charge in [-0.3, -0.25) is 4.90 Å². The van der Waals surface area contributed by atoms with Crippen LogP contribution in [-0.4, -0.2) is 36.6 Å². The lowest BCUT2D eigenvalue weighted by molar-refractivity contribution is 0.148. The molecule has 0 amide bonds. The van der Waals surface area contributed by atoms with Crippen LogP contribution in [0.5, 0.6) is 0 Å². The summed E-state index contributed by atoms with van der Waals surface area (Å²) in [4.78, 5) is 2.65. The van der Waals surface area contributed by atoms with Crippen molar-refractivity contribution in [3.8, 4) is 6.07 Å². The van der Waals surface area contributed by atoms with Gasteiger partial charge in [-0.05, 0) is 18.3 Å². The van der Waals surface area contributed by atoms with Crippen molar-refractivity contribution in [1.29, 1.82) is 5.26 Å². The Hall–Kier alpha value is -0.590. The van der Waals surface area contributed by atoms with Crippen LogP contribution in [0.2, 0.25) is 0 Å². The molecule has 2 aliphatic rings. The number of rotatable bonds is 2. The lowest BCUT2D eigenvalue weighted by atomic mass is 9.92. The van der Waals surface area contributed by atoms with Gasteiger partial charge >= 0.3 is 0 Å². The summed E-state index contributed by atoms with van der Waals surface area (Å²) in [6, 6.07) is 3.45. The maximum absolute atomic E-state index is 8.88. The molecule has 0 aromatic rings. The van der Waals surface area contributed by atoms with Crippen LogP contribution >= 0.6 is 0 Å². The van der Waals surface area contributed by atoms with Crippen molar-refractivity contribution in [2.24, 2.45) is 5.41 Å². The van der Waals surface area contributed by atoms with Crippen LogP contribution in [-0.2, 0) is 0 Å². The Morgan fingerprint density at radius 2 is 2.06 bits per heavy atom. The average molecular weight is 235 g/mol. The van der Waals surface area contributed by atoms with E-state index in [1.54, 1.807) is 0 Å². The SMILES string of the molecule is CC1(C)CNC(CC#N)CN(C2CCCC2)C1. The molecule has 1 saturated carbocycles. The first-order chi connectivity index (χ1) is 8.11. The molecule has 1 aliphatic carbocycles. The number of nitrogens with one attached hydrogen (secondary N) is 1. The summed E-state index contributed by atoms with van der Waals surface area (Å²) >= 11 is 0. The van der Waals surface area contributed by atoms with E-state index in [9.17, 15) is 0 Å². The zero-order valence-electron chi connectivity index (χ0n) is 11.2. The van der Waals surface area contributed by atoms with E-state index in [4.69, 9.17) is 5.26 Å². The van der Waals surface area contributed by atoms with Crippen LogP contribution in [0.15, 0.2) is 0 Å². The van der Waals surface area contributed by atoms with E-state index < -0.39 is 0 Å². The molecule has 3 heteroatoms. The van der Waals surface area contributed by atoms with Gasteiger partial charge in [0.15, 0.2) is 0 Å². The van der Waals surface area contributed by atoms with E-state index in [0.717, 1.165) is 19.1 Å². The van der Waals surface area contributed by atoms with E-state index in [1.807, 2.05) is 0 Å². The highest BCUT2D eigenvalue weighted by atomic mass is 15.2. The highest BCUT2D eigenvalue weighted by Crippen LogP contribution is 2.28. The smallest absolute Gasteiger partial charge is 0.0638 e. The van der Waals surface area contributed by atoms with Crippen LogP contribution in [0.1, 0.15) is 46.0 Å². The van der Waals surface area contributed by atoms with Gasteiger partial charge in [0.1, 0.15) is 0 Å². The molecule has 1 saturated heterocycles. The zero-order valence-corrected chi connectivity index (χ0v) is 11.2. The minimum atomic E-state index is 0.326. The van der Waals surface area contributed by atoms with E-state index >= 15 is 0 Å². The van der Waals surface area contributed by atoms with Crippen molar-refractivity contribution in [2.75, 3.05) is 19.6 Å². The molecule has 17 heavy (non-hydrogen) atoms. The summed E-state index contributed by atoms with van der Waals surface area (Å²) in [5.41, 5.74) is 0.326. The molecule has 0 aromatic heterocycles. The first-order valence-corrected chi connectivity index (χ1v) is 6.95. The zero-order chi connectivity index (χ0) is 12.3. The molecule has 0 bridgehead atoms. The van der Waals surface area contributed by atoms with Gasteiger partial charge in [-0.25, -0.2) is 0 Å². The van der Waals surface area contributed by atoms with E-state index in [2.05, 4.69) is 30.1 Å². The third kappa shape index (κ3) is 3.43. The molecule has 1 atom stereocenters. The Kier molecular flexibility index (Phi) is 4.06. The normalized spacial score (nSPS) is 31.0. The second-order valence-electron chi connectivity index (χ2n) is 6.47. The van der Waals surface area contributed by atoms with Gasteiger partial charge in [0.25, 0.3) is 0 Å². The third-order valence-electron chi connectivity index (χ3n) is 4.13. The summed E-state index contributed by atoms with van der Waals surface area (Å²) < 4.78 is 0. The van der Waals surface area contributed by atoms with Crippen LogP contribution < -0.4 is 5.32 Å². The lowest BCUT2D eigenvalue weighted by Gasteiger charge is -2.33. The topological polar surface area (TPSA) is 39.1 Å². The lowest BCUT2D eigenvalue weighted by Crippen LogP contribution is -2.42. The van der Waals surface area contributed by atoms with Crippen molar-refractivity contribution in [1.82, 2.24) is 10.2 Å². The van der Waals surface area contributed by atoms with Gasteiger partial charge in [0, 0.05) is 31.7 Å². The first kappa shape index (κ1) is 12.9. The predicted octanol–water partition coefficient (Wildman–Crippen LogP) is 2.14. The molecular weight excluding hydrogens is 210 g/mol. The fourth-order valence-corrected chi connectivity index (χ4v) is 3.23. The molecule has 1 N–H and O–H groups in total. The Morgan fingerprint density at radius 1 is 1.35 bits per heavy atom. The standard InChI is InChI=1S/C14H25N3/c1-14(2)10-16-12(7-8-15)9-17(11-14)13-5-3-4-6-13/h12-13,16H,3-7,9-11H2,1-2H3. The molecule has 0 spiro atoms. The molecule has 0 aromatic carbocycles. The minimum absolute atomic E-state index is 0.326. The van der Waals surface area contributed by atoms with Gasteiger partial charge in [-0.15, -0.1) is 0 Å². The maximum Gasteiger partial charge on any atom is 0.0638 e. The maximum atomic E-state index is 8.88. The minimum Gasteiger partial charge on any atom is -0.311 e. The average Bonchev–Trinajstić information content (AvgIpc) is 2.74. The molecule has 96 valence electrons. The third-order valence-corrected chi connectivity index (χ3v) is 4.13. The Balaban J connectivity index is 2.03. The highest BCUT2D eigenvalue weighted by molar-refractivity contribution is 4.92. The fraction of sp³-hybridized carbons (Fsp3) is 0.929. The second-order valence-corrected chi connectivity index (χ2v) is 6.47. The van der Waals surface area contributed by atoms with Crippen LogP contribution in [0, 0.1) is 16.7 Å². The second kappa shape index (κ2) is 5.37. The highest BCUT2D eigenvalue weighted by Gasteiger charge is 2.33. The Labute approximate surface area is 105 Å². The van der Waals surface area contributed by atoms with Gasteiger partial charge in [0.05, 0.1) is 12.5 Å². The van der Waals surface area contributed by atoms with Gasteiger partial charge < -0.3 is 5.32 Å². The van der Waals surface area contributed by atoms with E-state index in [1.165, 1.54) is 32.2 Å². The molecule has 1 unspecified atom stereocenters. The number of hydrogen-bond donors (Lipinski definition) is 1. The van der Waals surface area contributed by atoms with Crippen molar-refractivity contribution in [3.63, 3.8) is 0 Å². The fourth-order valence-electron chi connectivity index (χ4n) is 3.23. The van der Waals surface area contributed by atoms with Gasteiger partial charge in [0.2, 0.25) is 0 Å². The Morgan fingerprint density at radius 3 is 2.71 bits per heavy atom. The van der Waals surface area contributed by atoms with E-state index in [0.29, 0.717) is 17.9 Å². The summed E-state index contributed by atoms with van der Waals surface area (Å²) in [6.45, 7) is 7.92. The van der Waals surface area contributed by atoms with Crippen LogP contribution in [0.4, 0.5) is 0 Å². The quantitative estimate of drug-likeness (QED) is 0.797. The summed E-state index contributed by atoms with van der Waals surface area (Å²) in [7, 11) is 0. The largest absolute Gasteiger partial charge is 0.311 e. The van der Waals surface area contributed by atoms with Crippen molar-refractivity contribution in [3.05, 3.63) is 0 Å². The summed E-state index contributed by atoms with van der Waals surface area (Å²) in [5.74, 6) is 0. The monoisotopic (exact) mass is 235 g/mol. The van der Waals surface area contributed by atoms with Gasteiger partial charge in [-0.2, -0.15) is 5.26 Å². The molecule has 0 radical (unpaired) electrons. The van der Waals surface area contributed by atoms with Crippen molar-refractivity contribution in [2.45, 2.75) is 58.0 Å². The number of nitriles is 1. The first-order valence-electron chi connectivity index (χ1n) is 6.95. The summed E-state index contributed by atoms with van der Waals surface area (Å²) in [6.07, 6.45) is 6.12. The van der Waals surface area contributed by atoms with E-state index in [-0.39, 0.29) is 0 Å². The molecule has 2 fully saturated rings. The molecular formula is C14H25N3. The van der Waals surface area contributed by atoms with Crippen LogP contribution in [0.25, 0.3) is 0 Å². The molecule has 2 rings (SSSR count). The van der Waals surface area contributed by atoms with Crippen molar-refractivity contribution >= 4 is 0 Å². The summed E-state index contributed by atoms with van der Waals surface area (Å²) in [5, 5.41) is 12.4. The predicted molar refractivity (Wildman–Crippen MR) is 69.6 cm³/mol.